The Morgan fingerprint density at radius 2 is 2.04 bits per heavy atom. The van der Waals surface area contributed by atoms with Gasteiger partial charge < -0.3 is 10.2 Å². The van der Waals surface area contributed by atoms with E-state index in [1.165, 1.54) is 11.3 Å². The molecule has 0 unspecified atom stereocenters. The summed E-state index contributed by atoms with van der Waals surface area (Å²) >= 11 is 1.38. The quantitative estimate of drug-likeness (QED) is 0.772. The lowest BCUT2D eigenvalue weighted by atomic mass is 9.98. The van der Waals surface area contributed by atoms with Crippen LogP contribution in [-0.4, -0.2) is 45.9 Å². The van der Waals surface area contributed by atoms with Gasteiger partial charge in [0.05, 0.1) is 5.69 Å². The zero-order chi connectivity index (χ0) is 19.9. The summed E-state index contributed by atoms with van der Waals surface area (Å²) in [6.45, 7) is 5.51. The number of nitrogens with zero attached hydrogens (tertiary/aromatic N) is 3. The van der Waals surface area contributed by atoms with Gasteiger partial charge in [0.2, 0.25) is 5.91 Å². The monoisotopic (exact) mass is 401 g/mol. The maximum absolute atomic E-state index is 12.5. The van der Waals surface area contributed by atoms with Gasteiger partial charge in [-0.3, -0.25) is 15.1 Å². The number of urea groups is 1. The molecular weight excluding hydrogens is 374 g/mol. The minimum Gasteiger partial charge on any atom is -0.342 e. The fourth-order valence-electron chi connectivity index (χ4n) is 3.44. The molecule has 1 saturated heterocycles. The third-order valence-corrected chi connectivity index (χ3v) is 5.92. The van der Waals surface area contributed by atoms with Crippen molar-refractivity contribution < 1.29 is 9.59 Å². The number of thiazole rings is 1. The van der Waals surface area contributed by atoms with E-state index in [0.29, 0.717) is 18.2 Å². The zero-order valence-corrected chi connectivity index (χ0v) is 17.2. The molecule has 2 N–H and O–H groups in total. The molecule has 3 rings (SSSR count). The smallest absolute Gasteiger partial charge is 0.321 e. The Hall–Kier alpha value is -2.48. The minimum atomic E-state index is -0.253. The topological polar surface area (TPSA) is 87.2 Å². The average molecular weight is 402 g/mol. The first-order valence-corrected chi connectivity index (χ1v) is 10.7. The summed E-state index contributed by atoms with van der Waals surface area (Å²) in [6, 6.07) is 3.61. The van der Waals surface area contributed by atoms with Gasteiger partial charge in [-0.15, -0.1) is 11.3 Å². The zero-order valence-electron chi connectivity index (χ0n) is 16.4. The number of hydrogen-bond donors (Lipinski definition) is 2. The predicted molar refractivity (Wildman–Crippen MR) is 111 cm³/mol. The molecule has 8 heteroatoms. The summed E-state index contributed by atoms with van der Waals surface area (Å²) < 4.78 is 0. The van der Waals surface area contributed by atoms with Crippen molar-refractivity contribution in [2.24, 2.45) is 5.92 Å². The van der Waals surface area contributed by atoms with Gasteiger partial charge in [-0.25, -0.2) is 9.78 Å². The van der Waals surface area contributed by atoms with E-state index >= 15 is 0 Å². The molecular formula is C20H27N5O2S. The fourth-order valence-corrected chi connectivity index (χ4v) is 4.15. The Morgan fingerprint density at radius 3 is 2.68 bits per heavy atom. The van der Waals surface area contributed by atoms with Gasteiger partial charge in [0.1, 0.15) is 0 Å². The summed E-state index contributed by atoms with van der Waals surface area (Å²) in [5.41, 5.74) is 1.71. The van der Waals surface area contributed by atoms with Crippen LogP contribution in [0.4, 0.5) is 9.93 Å². The van der Waals surface area contributed by atoms with Crippen LogP contribution in [0.25, 0.3) is 11.3 Å². The van der Waals surface area contributed by atoms with E-state index in [-0.39, 0.29) is 23.9 Å². The second kappa shape index (κ2) is 9.64. The van der Waals surface area contributed by atoms with Crippen molar-refractivity contribution in [3.8, 4) is 11.3 Å². The summed E-state index contributed by atoms with van der Waals surface area (Å²) in [6.07, 6.45) is 6.77. The Kier molecular flexibility index (Phi) is 6.97. The molecule has 1 aliphatic rings. The van der Waals surface area contributed by atoms with Gasteiger partial charge in [-0.1, -0.05) is 13.8 Å². The van der Waals surface area contributed by atoms with Crippen LogP contribution in [0.1, 0.15) is 39.5 Å². The van der Waals surface area contributed by atoms with Crippen LogP contribution in [0.15, 0.2) is 29.9 Å². The molecule has 2 aromatic rings. The van der Waals surface area contributed by atoms with Gasteiger partial charge in [0.15, 0.2) is 5.13 Å². The number of carbonyl (C=O) groups is 2. The molecule has 1 fully saturated rings. The van der Waals surface area contributed by atoms with Gasteiger partial charge in [-0.05, 0) is 37.8 Å². The largest absolute Gasteiger partial charge is 0.342 e. The summed E-state index contributed by atoms with van der Waals surface area (Å²) in [5.74, 6) is 0.366. The lowest BCUT2D eigenvalue weighted by Gasteiger charge is -2.34. The van der Waals surface area contributed by atoms with Crippen LogP contribution in [0.5, 0.6) is 0 Å². The van der Waals surface area contributed by atoms with E-state index in [1.54, 1.807) is 12.4 Å². The number of carbonyl (C=O) groups excluding carboxylic acids is 2. The van der Waals surface area contributed by atoms with E-state index in [0.717, 1.165) is 36.9 Å². The molecule has 0 saturated carbocycles. The predicted octanol–water partition coefficient (Wildman–Crippen LogP) is 3.75. The number of rotatable bonds is 6. The lowest BCUT2D eigenvalue weighted by molar-refractivity contribution is -0.136. The third kappa shape index (κ3) is 5.07. The SMILES string of the molecule is CCC(CC)C(=O)N1CCC(NC(=O)Nc2nc(-c3cccnc3)cs2)CC1. The lowest BCUT2D eigenvalue weighted by Crippen LogP contribution is -2.48. The molecule has 150 valence electrons. The number of pyridine rings is 1. The van der Waals surface area contributed by atoms with Gasteiger partial charge >= 0.3 is 6.03 Å². The van der Waals surface area contributed by atoms with Crippen molar-refractivity contribution >= 4 is 28.4 Å². The summed E-state index contributed by atoms with van der Waals surface area (Å²) in [4.78, 5) is 35.2. The average Bonchev–Trinajstić information content (AvgIpc) is 3.18. The van der Waals surface area contributed by atoms with E-state index < -0.39 is 0 Å². The highest BCUT2D eigenvalue weighted by atomic mass is 32.1. The van der Waals surface area contributed by atoms with Crippen LogP contribution in [0.3, 0.4) is 0 Å². The number of amides is 3. The Morgan fingerprint density at radius 1 is 1.29 bits per heavy atom. The number of likely N-dealkylation sites (tertiary alicyclic amines) is 1. The second-order valence-electron chi connectivity index (χ2n) is 6.99. The Labute approximate surface area is 169 Å². The van der Waals surface area contributed by atoms with E-state index in [2.05, 4.69) is 34.4 Å². The maximum atomic E-state index is 12.5. The van der Waals surface area contributed by atoms with Gasteiger partial charge in [0, 0.05) is 48.4 Å². The van der Waals surface area contributed by atoms with E-state index in [4.69, 9.17) is 0 Å². The maximum Gasteiger partial charge on any atom is 0.321 e. The molecule has 0 bridgehead atoms. The molecule has 0 aliphatic carbocycles. The van der Waals surface area contributed by atoms with Crippen molar-refractivity contribution in [2.45, 2.75) is 45.6 Å². The van der Waals surface area contributed by atoms with Crippen molar-refractivity contribution in [3.05, 3.63) is 29.9 Å². The van der Waals surface area contributed by atoms with Crippen molar-refractivity contribution in [1.82, 2.24) is 20.2 Å². The van der Waals surface area contributed by atoms with E-state index in [1.807, 2.05) is 22.4 Å². The van der Waals surface area contributed by atoms with E-state index in [9.17, 15) is 9.59 Å². The fraction of sp³-hybridized carbons (Fsp3) is 0.500. The first-order chi connectivity index (χ1) is 13.6. The number of anilines is 1. The molecule has 0 atom stereocenters. The van der Waals surface area contributed by atoms with Crippen molar-refractivity contribution in [3.63, 3.8) is 0 Å². The number of piperidine rings is 1. The Bertz CT molecular complexity index is 783. The highest BCUT2D eigenvalue weighted by Crippen LogP contribution is 2.24. The van der Waals surface area contributed by atoms with Crippen LogP contribution in [0.2, 0.25) is 0 Å². The highest BCUT2D eigenvalue weighted by molar-refractivity contribution is 7.14. The number of aromatic nitrogens is 2. The molecule has 0 aromatic carbocycles. The molecule has 3 amide bonds. The Balaban J connectivity index is 1.46. The number of hydrogen-bond acceptors (Lipinski definition) is 5. The molecule has 0 spiro atoms. The molecule has 0 radical (unpaired) electrons. The van der Waals surface area contributed by atoms with Crippen LogP contribution in [-0.2, 0) is 4.79 Å². The first-order valence-electron chi connectivity index (χ1n) is 9.82. The molecule has 1 aliphatic heterocycles. The summed E-state index contributed by atoms with van der Waals surface area (Å²) in [5, 5.41) is 8.26. The molecule has 3 heterocycles. The molecule has 2 aromatic heterocycles. The van der Waals surface area contributed by atoms with Crippen LogP contribution < -0.4 is 10.6 Å². The van der Waals surface area contributed by atoms with Crippen molar-refractivity contribution in [2.75, 3.05) is 18.4 Å². The number of nitrogens with one attached hydrogen (secondary N) is 2. The van der Waals surface area contributed by atoms with Gasteiger partial charge in [-0.2, -0.15) is 0 Å². The molecule has 7 nitrogen and oxygen atoms in total. The first kappa shape index (κ1) is 20.3. The third-order valence-electron chi connectivity index (χ3n) is 5.16. The van der Waals surface area contributed by atoms with Gasteiger partial charge in [0.25, 0.3) is 0 Å². The summed E-state index contributed by atoms with van der Waals surface area (Å²) in [7, 11) is 0. The van der Waals surface area contributed by atoms with Crippen LogP contribution in [0, 0.1) is 5.92 Å². The normalized spacial score (nSPS) is 14.9. The van der Waals surface area contributed by atoms with Crippen molar-refractivity contribution in [1.29, 1.82) is 0 Å². The van der Waals surface area contributed by atoms with Crippen LogP contribution >= 0.6 is 11.3 Å². The molecule has 28 heavy (non-hydrogen) atoms. The standard InChI is InChI=1S/C20H27N5O2S/c1-3-14(4-2)18(26)25-10-7-16(8-11-25)22-19(27)24-20-23-17(13-28-20)15-6-5-9-21-12-15/h5-6,9,12-14,16H,3-4,7-8,10-11H2,1-2H3,(H2,22,23,24,27). The second-order valence-corrected chi connectivity index (χ2v) is 7.85. The highest BCUT2D eigenvalue weighted by Gasteiger charge is 2.27. The minimum absolute atomic E-state index is 0.0727.